The Hall–Kier alpha value is -2.02. The van der Waals surface area contributed by atoms with Crippen LogP contribution in [-0.4, -0.2) is 10.9 Å². The molecule has 100 valence electrons. The van der Waals surface area contributed by atoms with E-state index in [1.165, 1.54) is 11.3 Å². The predicted octanol–water partition coefficient (Wildman–Crippen LogP) is 2.24. The summed E-state index contributed by atoms with van der Waals surface area (Å²) in [6.45, 7) is 2.02. The standard InChI is InChI=1S/C12H11F2N3OS/c1-6-10(19-5-17-6)4-16-12(18)8-2-7(13)3-9(15)11(8)14/h2-3,5H,4,15H2,1H3,(H,16,18). The number of aryl methyl sites for hydroxylation is 1. The van der Waals surface area contributed by atoms with Gasteiger partial charge < -0.3 is 11.1 Å². The third-order valence-corrected chi connectivity index (χ3v) is 3.50. The van der Waals surface area contributed by atoms with E-state index in [1.54, 1.807) is 12.4 Å². The van der Waals surface area contributed by atoms with E-state index >= 15 is 0 Å². The topological polar surface area (TPSA) is 68.0 Å². The number of thiazole rings is 1. The van der Waals surface area contributed by atoms with E-state index < -0.39 is 23.1 Å². The van der Waals surface area contributed by atoms with Crippen molar-refractivity contribution in [3.63, 3.8) is 0 Å². The van der Waals surface area contributed by atoms with Gasteiger partial charge in [-0.25, -0.2) is 13.8 Å². The van der Waals surface area contributed by atoms with Gasteiger partial charge in [0, 0.05) is 4.88 Å². The Balaban J connectivity index is 2.15. The number of nitrogens with two attached hydrogens (primary N) is 1. The number of benzene rings is 1. The Kier molecular flexibility index (Phi) is 3.75. The van der Waals surface area contributed by atoms with E-state index in [9.17, 15) is 13.6 Å². The molecule has 0 aliphatic carbocycles. The summed E-state index contributed by atoms with van der Waals surface area (Å²) in [6.07, 6.45) is 0. The molecule has 1 aromatic heterocycles. The number of hydrogen-bond acceptors (Lipinski definition) is 4. The molecule has 0 atom stereocenters. The van der Waals surface area contributed by atoms with Crippen molar-refractivity contribution >= 4 is 22.9 Å². The van der Waals surface area contributed by atoms with Crippen molar-refractivity contribution in [3.8, 4) is 0 Å². The van der Waals surface area contributed by atoms with Gasteiger partial charge >= 0.3 is 0 Å². The van der Waals surface area contributed by atoms with Crippen LogP contribution in [0.1, 0.15) is 20.9 Å². The van der Waals surface area contributed by atoms with Crippen LogP contribution in [0.5, 0.6) is 0 Å². The third-order valence-electron chi connectivity index (χ3n) is 2.56. The summed E-state index contributed by atoms with van der Waals surface area (Å²) in [7, 11) is 0. The molecule has 0 saturated carbocycles. The highest BCUT2D eigenvalue weighted by Crippen LogP contribution is 2.18. The number of hydrogen-bond donors (Lipinski definition) is 2. The van der Waals surface area contributed by atoms with Crippen molar-refractivity contribution in [2.24, 2.45) is 0 Å². The largest absolute Gasteiger partial charge is 0.396 e. The Bertz CT molecular complexity index is 627. The van der Waals surface area contributed by atoms with E-state index in [0.29, 0.717) is 0 Å². The van der Waals surface area contributed by atoms with Crippen LogP contribution < -0.4 is 11.1 Å². The van der Waals surface area contributed by atoms with Crippen LogP contribution >= 0.6 is 11.3 Å². The minimum absolute atomic E-state index is 0.213. The zero-order valence-electron chi connectivity index (χ0n) is 10.0. The lowest BCUT2D eigenvalue weighted by Crippen LogP contribution is -2.24. The molecule has 0 unspecified atom stereocenters. The smallest absolute Gasteiger partial charge is 0.254 e. The second-order valence-electron chi connectivity index (χ2n) is 3.90. The van der Waals surface area contributed by atoms with Crippen LogP contribution in [0.4, 0.5) is 14.5 Å². The number of carbonyl (C=O) groups is 1. The highest BCUT2D eigenvalue weighted by molar-refractivity contribution is 7.09. The van der Waals surface area contributed by atoms with Gasteiger partial charge in [0.05, 0.1) is 29.0 Å². The van der Waals surface area contributed by atoms with Crippen LogP contribution in [-0.2, 0) is 6.54 Å². The lowest BCUT2D eigenvalue weighted by molar-refractivity contribution is 0.0947. The number of nitrogens with zero attached hydrogens (tertiary/aromatic N) is 1. The lowest BCUT2D eigenvalue weighted by atomic mass is 10.1. The Morgan fingerprint density at radius 2 is 2.21 bits per heavy atom. The van der Waals surface area contributed by atoms with Crippen LogP contribution in [0.15, 0.2) is 17.6 Å². The second-order valence-corrected chi connectivity index (χ2v) is 4.84. The fraction of sp³-hybridized carbons (Fsp3) is 0.167. The molecule has 7 heteroatoms. The first-order valence-electron chi connectivity index (χ1n) is 5.40. The van der Waals surface area contributed by atoms with Gasteiger partial charge in [-0.2, -0.15) is 0 Å². The molecule has 0 saturated heterocycles. The van der Waals surface area contributed by atoms with E-state index in [1.807, 2.05) is 0 Å². The maximum absolute atomic E-state index is 13.6. The molecule has 0 bridgehead atoms. The van der Waals surface area contributed by atoms with Gasteiger partial charge in [0.2, 0.25) is 0 Å². The molecule has 0 fully saturated rings. The maximum Gasteiger partial charge on any atom is 0.254 e. The van der Waals surface area contributed by atoms with E-state index in [-0.39, 0.29) is 12.2 Å². The van der Waals surface area contributed by atoms with Gasteiger partial charge in [0.1, 0.15) is 5.82 Å². The SMILES string of the molecule is Cc1ncsc1CNC(=O)c1cc(F)cc(N)c1F. The highest BCUT2D eigenvalue weighted by Gasteiger charge is 2.16. The third kappa shape index (κ3) is 2.87. The molecule has 0 aliphatic rings. The number of aromatic nitrogens is 1. The fourth-order valence-corrected chi connectivity index (χ4v) is 2.24. The molecule has 1 aromatic carbocycles. The van der Waals surface area contributed by atoms with Crippen LogP contribution in [0.25, 0.3) is 0 Å². The fourth-order valence-electron chi connectivity index (χ4n) is 1.53. The number of halogens is 2. The first kappa shape index (κ1) is 13.4. The summed E-state index contributed by atoms with van der Waals surface area (Å²) >= 11 is 1.38. The zero-order chi connectivity index (χ0) is 14.0. The molecular weight excluding hydrogens is 272 g/mol. The van der Waals surface area contributed by atoms with Gasteiger partial charge in [0.25, 0.3) is 5.91 Å². The molecule has 4 nitrogen and oxygen atoms in total. The predicted molar refractivity (Wildman–Crippen MR) is 68.8 cm³/mol. The maximum atomic E-state index is 13.6. The van der Waals surface area contributed by atoms with Crippen molar-refractivity contribution in [1.29, 1.82) is 0 Å². The van der Waals surface area contributed by atoms with Crippen molar-refractivity contribution < 1.29 is 13.6 Å². The monoisotopic (exact) mass is 283 g/mol. The van der Waals surface area contributed by atoms with Gasteiger partial charge in [0.15, 0.2) is 5.82 Å². The second kappa shape index (κ2) is 5.31. The molecule has 0 aliphatic heterocycles. The molecule has 19 heavy (non-hydrogen) atoms. The quantitative estimate of drug-likeness (QED) is 0.849. The van der Waals surface area contributed by atoms with Crippen LogP contribution in [0.2, 0.25) is 0 Å². The van der Waals surface area contributed by atoms with E-state index in [2.05, 4.69) is 10.3 Å². The average molecular weight is 283 g/mol. The summed E-state index contributed by atoms with van der Waals surface area (Å²) < 4.78 is 26.7. The van der Waals surface area contributed by atoms with Gasteiger partial charge in [-0.3, -0.25) is 4.79 Å². The van der Waals surface area contributed by atoms with Crippen molar-refractivity contribution in [2.75, 3.05) is 5.73 Å². The lowest BCUT2D eigenvalue weighted by Gasteiger charge is -2.07. The molecule has 2 rings (SSSR count). The van der Waals surface area contributed by atoms with Crippen molar-refractivity contribution in [2.45, 2.75) is 13.5 Å². The normalized spacial score (nSPS) is 10.5. The Morgan fingerprint density at radius 1 is 1.47 bits per heavy atom. The first-order valence-corrected chi connectivity index (χ1v) is 6.28. The van der Waals surface area contributed by atoms with Gasteiger partial charge in [-0.05, 0) is 19.1 Å². The molecule has 0 spiro atoms. The van der Waals surface area contributed by atoms with Crippen LogP contribution in [0, 0.1) is 18.6 Å². The molecular formula is C12H11F2N3OS. The van der Waals surface area contributed by atoms with E-state index in [4.69, 9.17) is 5.73 Å². The van der Waals surface area contributed by atoms with Crippen molar-refractivity contribution in [3.05, 3.63) is 45.4 Å². The summed E-state index contributed by atoms with van der Waals surface area (Å²) in [4.78, 5) is 16.7. The molecule has 2 aromatic rings. The van der Waals surface area contributed by atoms with Crippen molar-refractivity contribution in [1.82, 2.24) is 10.3 Å². The average Bonchev–Trinajstić information content (AvgIpc) is 2.76. The first-order chi connectivity index (χ1) is 8.99. The summed E-state index contributed by atoms with van der Waals surface area (Å²) in [5, 5.41) is 2.51. The summed E-state index contributed by atoms with van der Waals surface area (Å²) in [5.41, 5.74) is 6.92. The summed E-state index contributed by atoms with van der Waals surface area (Å²) in [6, 6.07) is 1.65. The number of nitrogen functional groups attached to an aromatic ring is 1. The minimum Gasteiger partial charge on any atom is -0.396 e. The zero-order valence-corrected chi connectivity index (χ0v) is 10.9. The number of amides is 1. The van der Waals surface area contributed by atoms with Gasteiger partial charge in [-0.1, -0.05) is 0 Å². The number of rotatable bonds is 3. The Labute approximate surface area is 112 Å². The number of anilines is 1. The van der Waals surface area contributed by atoms with Crippen LogP contribution in [0.3, 0.4) is 0 Å². The molecule has 1 amide bonds. The number of nitrogens with one attached hydrogen (secondary N) is 1. The van der Waals surface area contributed by atoms with E-state index in [0.717, 1.165) is 22.7 Å². The Morgan fingerprint density at radius 3 is 2.84 bits per heavy atom. The number of carbonyl (C=O) groups excluding carboxylic acids is 1. The minimum atomic E-state index is -0.917. The highest BCUT2D eigenvalue weighted by atomic mass is 32.1. The molecule has 3 N–H and O–H groups in total. The van der Waals surface area contributed by atoms with Gasteiger partial charge in [-0.15, -0.1) is 11.3 Å². The molecule has 1 heterocycles. The molecule has 0 radical (unpaired) electrons. The summed E-state index contributed by atoms with van der Waals surface area (Å²) in [5.74, 6) is -2.38.